The molecule has 7 nitrogen and oxygen atoms in total. The van der Waals surface area contributed by atoms with Gasteiger partial charge in [-0.25, -0.2) is 0 Å². The summed E-state index contributed by atoms with van der Waals surface area (Å²) in [4.78, 5) is 25.2. The Hall–Kier alpha value is -3.09. The largest absolute Gasteiger partial charge is 0.497 e. The summed E-state index contributed by atoms with van der Waals surface area (Å²) in [6, 6.07) is 9.67. The standard InChI is InChI=1S/C28H36N2O5/c1-17(2)24-22(29-18-8-10-19(34-5)11-9-18)16-21-20(25(24)30(32)33)12-13-23-27(21,3)14-7-15-28(23,4)26(31)35-6/h8-11,16-17,23,29H,7,12-15H2,1-6H3/t23-,27-,28-/m1/s1. The fraction of sp³-hybridized carbons (Fsp3) is 0.536. The van der Waals surface area contributed by atoms with E-state index in [2.05, 4.69) is 18.3 Å². The van der Waals surface area contributed by atoms with Crippen LogP contribution in [0.4, 0.5) is 17.1 Å². The summed E-state index contributed by atoms with van der Waals surface area (Å²) >= 11 is 0. The van der Waals surface area contributed by atoms with Gasteiger partial charge in [-0.3, -0.25) is 14.9 Å². The summed E-state index contributed by atoms with van der Waals surface area (Å²) in [6.45, 7) is 8.19. The Bertz CT molecular complexity index is 1140. The number of carbonyl (C=O) groups is 1. The predicted molar refractivity (Wildman–Crippen MR) is 137 cm³/mol. The molecule has 0 radical (unpaired) electrons. The van der Waals surface area contributed by atoms with E-state index in [0.717, 1.165) is 59.5 Å². The van der Waals surface area contributed by atoms with Crippen molar-refractivity contribution in [2.75, 3.05) is 19.5 Å². The van der Waals surface area contributed by atoms with Crippen LogP contribution < -0.4 is 10.1 Å². The fourth-order valence-corrected chi connectivity index (χ4v) is 6.82. The van der Waals surface area contributed by atoms with Crippen molar-refractivity contribution in [1.29, 1.82) is 0 Å². The molecule has 188 valence electrons. The van der Waals surface area contributed by atoms with Crippen LogP contribution in [0.3, 0.4) is 0 Å². The molecule has 0 saturated heterocycles. The van der Waals surface area contributed by atoms with Crippen LogP contribution in [0.25, 0.3) is 0 Å². The van der Waals surface area contributed by atoms with Crippen LogP contribution in [0.1, 0.15) is 76.0 Å². The molecule has 2 aromatic rings. The first-order valence-corrected chi connectivity index (χ1v) is 12.4. The normalized spacial score (nSPS) is 25.4. The average Bonchev–Trinajstić information content (AvgIpc) is 2.83. The number of nitro benzene ring substituents is 1. The Morgan fingerprint density at radius 3 is 2.43 bits per heavy atom. The van der Waals surface area contributed by atoms with Gasteiger partial charge in [0.05, 0.1) is 30.1 Å². The van der Waals surface area contributed by atoms with Gasteiger partial charge in [-0.15, -0.1) is 0 Å². The van der Waals surface area contributed by atoms with E-state index in [1.54, 1.807) is 7.11 Å². The van der Waals surface area contributed by atoms with Crippen LogP contribution in [0.15, 0.2) is 30.3 Å². The van der Waals surface area contributed by atoms with Crippen LogP contribution in [-0.4, -0.2) is 25.1 Å². The third-order valence-electron chi connectivity index (χ3n) is 8.45. The van der Waals surface area contributed by atoms with Gasteiger partial charge in [0.1, 0.15) is 5.75 Å². The lowest BCUT2D eigenvalue weighted by Crippen LogP contribution is -2.52. The number of hydrogen-bond donors (Lipinski definition) is 1. The second-order valence-corrected chi connectivity index (χ2v) is 10.7. The number of nitrogens with one attached hydrogen (secondary N) is 1. The highest BCUT2D eigenvalue weighted by atomic mass is 16.6. The van der Waals surface area contributed by atoms with E-state index in [4.69, 9.17) is 9.47 Å². The molecule has 0 unspecified atom stereocenters. The lowest BCUT2D eigenvalue weighted by Gasteiger charge is -2.54. The molecule has 0 amide bonds. The molecule has 1 saturated carbocycles. The number of rotatable bonds is 6. The van der Waals surface area contributed by atoms with Gasteiger partial charge in [-0.05, 0) is 85.8 Å². The number of hydrogen-bond acceptors (Lipinski definition) is 6. The van der Waals surface area contributed by atoms with Crippen LogP contribution in [0.5, 0.6) is 5.75 Å². The summed E-state index contributed by atoms with van der Waals surface area (Å²) < 4.78 is 10.5. The number of nitro groups is 1. The second-order valence-electron chi connectivity index (χ2n) is 10.7. The van der Waals surface area contributed by atoms with Crippen LogP contribution >= 0.6 is 0 Å². The molecule has 2 aromatic carbocycles. The molecular formula is C28H36N2O5. The van der Waals surface area contributed by atoms with Gasteiger partial charge >= 0.3 is 5.97 Å². The maximum atomic E-state index is 12.9. The minimum atomic E-state index is -0.603. The molecule has 0 heterocycles. The van der Waals surface area contributed by atoms with Crippen LogP contribution in [0, 0.1) is 21.4 Å². The molecule has 3 atom stereocenters. The van der Waals surface area contributed by atoms with Crippen LogP contribution in [0.2, 0.25) is 0 Å². The molecule has 7 heteroatoms. The minimum absolute atomic E-state index is 0.0429. The number of carbonyl (C=O) groups excluding carboxylic acids is 1. The zero-order valence-corrected chi connectivity index (χ0v) is 21.6. The summed E-state index contributed by atoms with van der Waals surface area (Å²) in [5.74, 6) is 0.582. The van der Waals surface area contributed by atoms with Crippen molar-refractivity contribution in [3.8, 4) is 5.75 Å². The average molecular weight is 481 g/mol. The maximum absolute atomic E-state index is 12.9. The number of fused-ring (bicyclic) bond motifs is 3. The molecule has 1 fully saturated rings. The number of methoxy groups -OCH3 is 2. The first kappa shape index (κ1) is 25.0. The van der Waals surface area contributed by atoms with Gasteiger partial charge in [0, 0.05) is 16.9 Å². The molecular weight excluding hydrogens is 444 g/mol. The monoisotopic (exact) mass is 480 g/mol. The molecule has 1 N–H and O–H groups in total. The predicted octanol–water partition coefficient (Wildman–Crippen LogP) is 6.65. The number of benzene rings is 2. The highest BCUT2D eigenvalue weighted by Gasteiger charge is 2.56. The first-order chi connectivity index (χ1) is 16.6. The zero-order valence-electron chi connectivity index (χ0n) is 21.6. The quantitative estimate of drug-likeness (QED) is 0.283. The highest BCUT2D eigenvalue weighted by Crippen LogP contribution is 2.59. The van der Waals surface area contributed by atoms with Gasteiger partial charge in [-0.2, -0.15) is 0 Å². The topological polar surface area (TPSA) is 90.7 Å². The second kappa shape index (κ2) is 9.17. The van der Waals surface area contributed by atoms with Gasteiger partial charge in [0.25, 0.3) is 5.69 Å². The van der Waals surface area contributed by atoms with E-state index in [-0.39, 0.29) is 33.8 Å². The number of esters is 1. The Balaban J connectivity index is 1.91. The molecule has 0 aliphatic heterocycles. The number of ether oxygens (including phenoxy) is 2. The van der Waals surface area contributed by atoms with Gasteiger partial charge in [-0.1, -0.05) is 27.2 Å². The Labute approximate surface area is 207 Å². The summed E-state index contributed by atoms with van der Waals surface area (Å²) in [5, 5.41) is 16.0. The molecule has 0 bridgehead atoms. The van der Waals surface area contributed by atoms with E-state index >= 15 is 0 Å². The third kappa shape index (κ3) is 4.05. The van der Waals surface area contributed by atoms with Gasteiger partial charge < -0.3 is 14.8 Å². The molecule has 2 aliphatic carbocycles. The van der Waals surface area contributed by atoms with Crippen molar-refractivity contribution in [2.24, 2.45) is 11.3 Å². The molecule has 0 aromatic heterocycles. The number of nitrogens with zero attached hydrogens (tertiary/aromatic N) is 1. The Kier molecular flexibility index (Phi) is 6.56. The van der Waals surface area contributed by atoms with Crippen molar-refractivity contribution >= 4 is 23.0 Å². The van der Waals surface area contributed by atoms with Gasteiger partial charge in [0.2, 0.25) is 0 Å². The molecule has 0 spiro atoms. The summed E-state index contributed by atoms with van der Waals surface area (Å²) in [5.41, 5.74) is 3.39. The third-order valence-corrected chi connectivity index (χ3v) is 8.45. The van der Waals surface area contributed by atoms with E-state index in [0.29, 0.717) is 6.42 Å². The van der Waals surface area contributed by atoms with Crippen molar-refractivity contribution in [3.05, 3.63) is 57.1 Å². The van der Waals surface area contributed by atoms with Gasteiger partial charge in [0.15, 0.2) is 0 Å². The van der Waals surface area contributed by atoms with E-state index in [1.807, 2.05) is 45.0 Å². The van der Waals surface area contributed by atoms with E-state index < -0.39 is 5.41 Å². The molecule has 35 heavy (non-hydrogen) atoms. The highest BCUT2D eigenvalue weighted by molar-refractivity contribution is 5.78. The summed E-state index contributed by atoms with van der Waals surface area (Å²) in [7, 11) is 3.07. The number of anilines is 2. The van der Waals surface area contributed by atoms with E-state index in [1.165, 1.54) is 7.11 Å². The van der Waals surface area contributed by atoms with Crippen molar-refractivity contribution < 1.29 is 19.2 Å². The van der Waals surface area contributed by atoms with Crippen molar-refractivity contribution in [3.63, 3.8) is 0 Å². The van der Waals surface area contributed by atoms with Crippen molar-refractivity contribution in [2.45, 2.75) is 71.1 Å². The summed E-state index contributed by atoms with van der Waals surface area (Å²) in [6.07, 6.45) is 3.86. The smallest absolute Gasteiger partial charge is 0.311 e. The molecule has 2 aliphatic rings. The lowest BCUT2D eigenvalue weighted by molar-refractivity contribution is -0.386. The Morgan fingerprint density at radius 1 is 1.17 bits per heavy atom. The molecule has 4 rings (SSSR count). The van der Waals surface area contributed by atoms with E-state index in [9.17, 15) is 14.9 Å². The maximum Gasteiger partial charge on any atom is 0.311 e. The minimum Gasteiger partial charge on any atom is -0.497 e. The lowest BCUT2D eigenvalue weighted by atomic mass is 9.49. The zero-order chi connectivity index (χ0) is 25.5. The Morgan fingerprint density at radius 2 is 1.86 bits per heavy atom. The van der Waals surface area contributed by atoms with Crippen molar-refractivity contribution in [1.82, 2.24) is 0 Å². The fourth-order valence-electron chi connectivity index (χ4n) is 6.82. The SMILES string of the molecule is COC(=O)[C@]1(C)CCC[C@]2(C)c3cc(Nc4ccc(OC)cc4)c(C(C)C)c([N+](=O)[O-])c3CC[C@@H]12. The van der Waals surface area contributed by atoms with Crippen LogP contribution in [-0.2, 0) is 21.4 Å². The first-order valence-electron chi connectivity index (χ1n) is 12.4.